The van der Waals surface area contributed by atoms with Crippen LogP contribution in [0.25, 0.3) is 10.9 Å². The third-order valence-corrected chi connectivity index (χ3v) is 5.67. The summed E-state index contributed by atoms with van der Waals surface area (Å²) in [5, 5.41) is 4.35. The Bertz CT molecular complexity index is 1130. The van der Waals surface area contributed by atoms with E-state index in [9.17, 15) is 4.79 Å². The van der Waals surface area contributed by atoms with Crippen LogP contribution in [0.4, 0.5) is 0 Å². The molecular formula is C26H30N2O3. The van der Waals surface area contributed by atoms with Crippen LogP contribution in [-0.4, -0.2) is 24.6 Å². The molecule has 1 aromatic heterocycles. The summed E-state index contributed by atoms with van der Waals surface area (Å²) in [7, 11) is 1.61. The molecule has 5 heteroatoms. The molecule has 0 spiro atoms. The molecule has 162 valence electrons. The summed E-state index contributed by atoms with van der Waals surface area (Å²) in [6, 6.07) is 13.6. The van der Waals surface area contributed by atoms with Crippen LogP contribution in [0.1, 0.15) is 55.1 Å². The van der Waals surface area contributed by atoms with Crippen LogP contribution >= 0.6 is 0 Å². The van der Waals surface area contributed by atoms with Crippen molar-refractivity contribution in [1.82, 2.24) is 10.3 Å². The van der Waals surface area contributed by atoms with Gasteiger partial charge in [-0.2, -0.15) is 0 Å². The molecule has 1 heterocycles. The third-order valence-electron chi connectivity index (χ3n) is 5.67. The number of aromatic nitrogens is 1. The van der Waals surface area contributed by atoms with Crippen molar-refractivity contribution in [1.29, 1.82) is 0 Å². The maximum atomic E-state index is 13.2. The van der Waals surface area contributed by atoms with E-state index in [0.717, 1.165) is 40.6 Å². The van der Waals surface area contributed by atoms with E-state index < -0.39 is 5.54 Å². The summed E-state index contributed by atoms with van der Waals surface area (Å²) < 4.78 is 11.4. The number of carbonyl (C=O) groups excluding carboxylic acids is 1. The summed E-state index contributed by atoms with van der Waals surface area (Å²) in [6.45, 7) is 8.98. The number of benzene rings is 2. The highest BCUT2D eigenvalue weighted by molar-refractivity contribution is 5.97. The number of nitrogens with one attached hydrogen (secondary N) is 1. The molecule has 4 rings (SSSR count). The number of nitrogens with zero attached hydrogens (tertiary/aromatic N) is 1. The zero-order valence-electron chi connectivity index (χ0n) is 18.9. The van der Waals surface area contributed by atoms with Crippen LogP contribution in [0.15, 0.2) is 48.7 Å². The number of hydrogen-bond donors (Lipinski definition) is 1. The van der Waals surface area contributed by atoms with Gasteiger partial charge in [-0.25, -0.2) is 0 Å². The lowest BCUT2D eigenvalue weighted by Gasteiger charge is -2.23. The second-order valence-electron chi connectivity index (χ2n) is 9.61. The summed E-state index contributed by atoms with van der Waals surface area (Å²) in [6.07, 6.45) is 3.56. The maximum Gasteiger partial charge on any atom is 0.252 e. The van der Waals surface area contributed by atoms with E-state index in [4.69, 9.17) is 9.47 Å². The number of amides is 1. The van der Waals surface area contributed by atoms with Crippen molar-refractivity contribution in [2.24, 2.45) is 5.41 Å². The molecule has 3 aromatic rings. The fraction of sp³-hybridized carbons (Fsp3) is 0.385. The molecule has 1 fully saturated rings. The lowest BCUT2D eigenvalue weighted by Crippen LogP contribution is -2.35. The number of rotatable bonds is 6. The van der Waals surface area contributed by atoms with E-state index >= 15 is 0 Å². The number of fused-ring (bicyclic) bond motifs is 1. The summed E-state index contributed by atoms with van der Waals surface area (Å²) >= 11 is 0. The van der Waals surface area contributed by atoms with Gasteiger partial charge >= 0.3 is 0 Å². The minimum atomic E-state index is -0.408. The van der Waals surface area contributed by atoms with Crippen molar-refractivity contribution < 1.29 is 14.3 Å². The molecule has 1 amide bonds. The molecule has 0 bridgehead atoms. The highest BCUT2D eigenvalue weighted by Crippen LogP contribution is 2.49. The fourth-order valence-electron chi connectivity index (χ4n) is 3.78. The molecule has 2 aromatic carbocycles. The van der Waals surface area contributed by atoms with E-state index in [1.54, 1.807) is 19.4 Å². The van der Waals surface area contributed by atoms with Gasteiger partial charge in [0.15, 0.2) is 0 Å². The second kappa shape index (κ2) is 7.88. The molecule has 1 aliphatic carbocycles. The van der Waals surface area contributed by atoms with Crippen molar-refractivity contribution in [3.05, 3.63) is 65.4 Å². The Morgan fingerprint density at radius 3 is 2.58 bits per heavy atom. The van der Waals surface area contributed by atoms with Crippen LogP contribution in [-0.2, 0) is 5.54 Å². The largest absolute Gasteiger partial charge is 0.497 e. The van der Waals surface area contributed by atoms with Crippen LogP contribution in [0.3, 0.4) is 0 Å². The molecule has 1 saturated carbocycles. The monoisotopic (exact) mass is 418 g/mol. The highest BCUT2D eigenvalue weighted by atomic mass is 16.5. The van der Waals surface area contributed by atoms with Gasteiger partial charge in [0.1, 0.15) is 11.5 Å². The van der Waals surface area contributed by atoms with Crippen LogP contribution < -0.4 is 14.8 Å². The van der Waals surface area contributed by atoms with Crippen molar-refractivity contribution >= 4 is 16.8 Å². The molecule has 31 heavy (non-hydrogen) atoms. The van der Waals surface area contributed by atoms with Crippen LogP contribution in [0.5, 0.6) is 11.5 Å². The Kier molecular flexibility index (Phi) is 5.38. The minimum Gasteiger partial charge on any atom is -0.497 e. The zero-order valence-corrected chi connectivity index (χ0v) is 18.9. The Hall–Kier alpha value is -3.08. The van der Waals surface area contributed by atoms with Crippen LogP contribution in [0.2, 0.25) is 0 Å². The van der Waals surface area contributed by atoms with Crippen LogP contribution in [0, 0.1) is 12.3 Å². The number of aryl methyl sites for hydroxylation is 1. The standard InChI is InChI=1S/C26H30N2O3/c1-17-8-9-18(30-5)13-21(17)24(29)28-26(10-11-26)22-14-19(31-16-25(2,3)4)15-23-20(22)7-6-12-27-23/h6-9,12-15H,10-11,16H2,1-5H3,(H,28,29). The third kappa shape index (κ3) is 4.50. The zero-order chi connectivity index (χ0) is 22.2. The van der Waals surface area contributed by atoms with Gasteiger partial charge in [0.2, 0.25) is 0 Å². The van der Waals surface area contributed by atoms with Gasteiger partial charge in [-0.3, -0.25) is 9.78 Å². The SMILES string of the molecule is COc1ccc(C)c(C(=O)NC2(c3cc(OCC(C)(C)C)cc4ncccc34)CC2)c1. The van der Waals surface area contributed by atoms with Gasteiger partial charge in [0.25, 0.3) is 5.91 Å². The number of ether oxygens (including phenoxy) is 2. The quantitative estimate of drug-likeness (QED) is 0.583. The van der Waals surface area contributed by atoms with Crippen molar-refractivity contribution in [3.63, 3.8) is 0 Å². The topological polar surface area (TPSA) is 60.5 Å². The van der Waals surface area contributed by atoms with E-state index in [1.165, 1.54) is 0 Å². The lowest BCUT2D eigenvalue weighted by molar-refractivity contribution is 0.0930. The average Bonchev–Trinajstić information content (AvgIpc) is 3.51. The normalized spacial score (nSPS) is 14.9. The molecule has 0 aliphatic heterocycles. The minimum absolute atomic E-state index is 0.0502. The summed E-state index contributed by atoms with van der Waals surface area (Å²) in [4.78, 5) is 17.8. The summed E-state index contributed by atoms with van der Waals surface area (Å²) in [5.41, 5.74) is 3.14. The first-order valence-corrected chi connectivity index (χ1v) is 10.7. The Morgan fingerprint density at radius 1 is 1.13 bits per heavy atom. The first-order chi connectivity index (χ1) is 14.7. The van der Waals surface area contributed by atoms with Gasteiger partial charge < -0.3 is 14.8 Å². The summed E-state index contributed by atoms with van der Waals surface area (Å²) in [5.74, 6) is 1.37. The van der Waals surface area contributed by atoms with Crippen molar-refractivity contribution in [2.45, 2.75) is 46.1 Å². The number of hydrogen-bond acceptors (Lipinski definition) is 4. The second-order valence-corrected chi connectivity index (χ2v) is 9.61. The van der Waals surface area contributed by atoms with Gasteiger partial charge in [-0.1, -0.05) is 32.9 Å². The van der Waals surface area contributed by atoms with E-state index in [-0.39, 0.29) is 11.3 Å². The molecular weight excluding hydrogens is 388 g/mol. The van der Waals surface area contributed by atoms with Gasteiger partial charge in [0, 0.05) is 23.2 Å². The van der Waals surface area contributed by atoms with Gasteiger partial charge in [0.05, 0.1) is 24.8 Å². The number of methoxy groups -OCH3 is 1. The first-order valence-electron chi connectivity index (χ1n) is 10.7. The maximum absolute atomic E-state index is 13.2. The van der Waals surface area contributed by atoms with Crippen molar-refractivity contribution in [2.75, 3.05) is 13.7 Å². The molecule has 1 N–H and O–H groups in total. The van der Waals surface area contributed by atoms with Crippen molar-refractivity contribution in [3.8, 4) is 11.5 Å². The highest BCUT2D eigenvalue weighted by Gasteiger charge is 2.47. The molecule has 1 aliphatic rings. The molecule has 0 saturated heterocycles. The van der Waals surface area contributed by atoms with E-state index in [0.29, 0.717) is 17.9 Å². The Balaban J connectivity index is 1.69. The molecule has 0 radical (unpaired) electrons. The molecule has 0 unspecified atom stereocenters. The fourth-order valence-corrected chi connectivity index (χ4v) is 3.78. The number of pyridine rings is 1. The molecule has 0 atom stereocenters. The van der Waals surface area contributed by atoms with E-state index in [2.05, 4.69) is 43.2 Å². The Morgan fingerprint density at radius 2 is 1.90 bits per heavy atom. The van der Waals surface area contributed by atoms with E-state index in [1.807, 2.05) is 31.2 Å². The van der Waals surface area contributed by atoms with Gasteiger partial charge in [-0.15, -0.1) is 0 Å². The first kappa shape index (κ1) is 21.2. The Labute approximate surface area is 183 Å². The average molecular weight is 419 g/mol. The smallest absolute Gasteiger partial charge is 0.252 e. The molecule has 5 nitrogen and oxygen atoms in total. The predicted molar refractivity (Wildman–Crippen MR) is 123 cm³/mol. The number of carbonyl (C=O) groups is 1. The lowest BCUT2D eigenvalue weighted by atomic mass is 9.97. The predicted octanol–water partition coefficient (Wildman–Crippen LogP) is 5.40. The van der Waals surface area contributed by atoms with Gasteiger partial charge in [-0.05, 0) is 60.6 Å².